The summed E-state index contributed by atoms with van der Waals surface area (Å²) in [5.74, 6) is 0. The van der Waals surface area contributed by atoms with E-state index in [1.165, 1.54) is 18.1 Å². The number of rotatable bonds is 4. The molecule has 4 rings (SSSR count). The van der Waals surface area contributed by atoms with Gasteiger partial charge in [-0.2, -0.15) is 0 Å². The first-order valence-corrected chi connectivity index (χ1v) is 8.67. The Morgan fingerprint density at radius 3 is 2.60 bits per heavy atom. The highest BCUT2D eigenvalue weighted by molar-refractivity contribution is 7.99. The van der Waals surface area contributed by atoms with Crippen molar-refractivity contribution in [1.29, 1.82) is 0 Å². The molecule has 2 aromatic heterocycles. The van der Waals surface area contributed by atoms with Crippen LogP contribution in [0, 0.1) is 0 Å². The minimum atomic E-state index is -1.15. The Hall–Kier alpha value is -1.97. The van der Waals surface area contributed by atoms with Crippen LogP contribution in [0.15, 0.2) is 58.8 Å². The van der Waals surface area contributed by atoms with Gasteiger partial charge in [0.05, 0.1) is 12.0 Å². The lowest BCUT2D eigenvalue weighted by Gasteiger charge is -2.17. The van der Waals surface area contributed by atoms with Crippen LogP contribution in [0.3, 0.4) is 0 Å². The summed E-state index contributed by atoms with van der Waals surface area (Å²) in [6, 6.07) is 11.7. The fraction of sp³-hybridized carbons (Fsp3) is 0.294. The van der Waals surface area contributed by atoms with Crippen LogP contribution in [-0.4, -0.2) is 54.8 Å². The van der Waals surface area contributed by atoms with Crippen molar-refractivity contribution in [2.75, 3.05) is 6.61 Å². The number of ether oxygens (including phenoxy) is 1. The van der Waals surface area contributed by atoms with Gasteiger partial charge in [-0.05, 0) is 18.2 Å². The molecule has 4 atom stereocenters. The van der Waals surface area contributed by atoms with E-state index in [4.69, 9.17) is 4.74 Å². The number of hydrogen-bond acceptors (Lipinski definition) is 7. The molecular weight excluding hydrogens is 342 g/mol. The molecule has 0 radical (unpaired) electrons. The Balaban J connectivity index is 1.70. The quantitative estimate of drug-likeness (QED) is 0.602. The summed E-state index contributed by atoms with van der Waals surface area (Å²) in [6.07, 6.45) is -0.716. The van der Waals surface area contributed by atoms with Crippen LogP contribution >= 0.6 is 11.8 Å². The van der Waals surface area contributed by atoms with Crippen LogP contribution in [0.2, 0.25) is 0 Å². The van der Waals surface area contributed by atoms with Crippen molar-refractivity contribution < 1.29 is 20.1 Å². The van der Waals surface area contributed by atoms with Crippen molar-refractivity contribution in [1.82, 2.24) is 14.5 Å². The summed E-state index contributed by atoms with van der Waals surface area (Å²) < 4.78 is 7.25. The van der Waals surface area contributed by atoms with E-state index in [1.54, 1.807) is 10.8 Å². The molecule has 25 heavy (non-hydrogen) atoms. The fourth-order valence-electron chi connectivity index (χ4n) is 2.94. The van der Waals surface area contributed by atoms with Gasteiger partial charge in [0.25, 0.3) is 0 Å². The zero-order chi connectivity index (χ0) is 17.4. The Bertz CT molecular complexity index is 873. The lowest BCUT2D eigenvalue weighted by molar-refractivity contribution is -0.0508. The second kappa shape index (κ2) is 6.74. The van der Waals surface area contributed by atoms with Crippen molar-refractivity contribution in [3.05, 3.63) is 48.9 Å². The van der Waals surface area contributed by atoms with E-state index in [1.807, 2.05) is 36.4 Å². The second-order valence-electron chi connectivity index (χ2n) is 5.78. The number of aliphatic hydroxyl groups is 3. The van der Waals surface area contributed by atoms with E-state index in [2.05, 4.69) is 9.97 Å². The molecule has 0 amide bonds. The molecule has 7 nitrogen and oxygen atoms in total. The first kappa shape index (κ1) is 16.5. The summed E-state index contributed by atoms with van der Waals surface area (Å²) >= 11 is 1.52. The lowest BCUT2D eigenvalue weighted by atomic mass is 10.1. The topological polar surface area (TPSA) is 101 Å². The van der Waals surface area contributed by atoms with Crippen LogP contribution in [0.1, 0.15) is 6.23 Å². The summed E-state index contributed by atoms with van der Waals surface area (Å²) in [7, 11) is 0. The van der Waals surface area contributed by atoms with Crippen molar-refractivity contribution in [2.24, 2.45) is 0 Å². The smallest absolute Gasteiger partial charge is 0.164 e. The molecule has 3 N–H and O–H groups in total. The SMILES string of the molecule is OC[C@H]1O[C@@H](n2ccc3c(Sc4ccccc4)ncnc32)C(O)C1O. The van der Waals surface area contributed by atoms with Crippen LogP contribution in [0.4, 0.5) is 0 Å². The molecule has 1 saturated heterocycles. The van der Waals surface area contributed by atoms with Crippen LogP contribution in [0.25, 0.3) is 11.0 Å². The highest BCUT2D eigenvalue weighted by Gasteiger charge is 2.43. The van der Waals surface area contributed by atoms with Crippen LogP contribution < -0.4 is 0 Å². The monoisotopic (exact) mass is 359 g/mol. The number of nitrogens with zero attached hydrogens (tertiary/aromatic N) is 3. The number of hydrogen-bond donors (Lipinski definition) is 3. The number of fused-ring (bicyclic) bond motifs is 1. The van der Waals surface area contributed by atoms with Gasteiger partial charge in [-0.1, -0.05) is 30.0 Å². The summed E-state index contributed by atoms with van der Waals surface area (Å²) in [6.45, 7) is -0.363. The molecule has 1 aliphatic rings. The van der Waals surface area contributed by atoms with Gasteiger partial charge in [-0.25, -0.2) is 9.97 Å². The van der Waals surface area contributed by atoms with E-state index in [0.29, 0.717) is 5.65 Å². The summed E-state index contributed by atoms with van der Waals surface area (Å²) in [5, 5.41) is 31.1. The third kappa shape index (κ3) is 2.92. The van der Waals surface area contributed by atoms with Crippen molar-refractivity contribution in [3.8, 4) is 0 Å². The van der Waals surface area contributed by atoms with Gasteiger partial charge in [0, 0.05) is 11.1 Å². The maximum absolute atomic E-state index is 10.2. The molecule has 2 unspecified atom stereocenters. The third-order valence-electron chi connectivity index (χ3n) is 4.22. The first-order chi connectivity index (χ1) is 12.2. The lowest BCUT2D eigenvalue weighted by Crippen LogP contribution is -2.33. The minimum absolute atomic E-state index is 0.363. The average Bonchev–Trinajstić information content (AvgIpc) is 3.18. The number of aliphatic hydroxyl groups excluding tert-OH is 3. The molecule has 0 saturated carbocycles. The molecule has 1 fully saturated rings. The molecule has 3 heterocycles. The van der Waals surface area contributed by atoms with Gasteiger partial charge in [-0.15, -0.1) is 0 Å². The Kier molecular flexibility index (Phi) is 4.45. The van der Waals surface area contributed by atoms with E-state index >= 15 is 0 Å². The molecule has 1 aliphatic heterocycles. The standard InChI is InChI=1S/C17H17N3O4S/c21-8-12-13(22)14(23)17(24-12)20-7-6-11-15(20)18-9-19-16(11)25-10-4-2-1-3-5-10/h1-7,9,12-14,17,21-23H,8H2/t12-,13?,14?,17-/m1/s1. The molecule has 130 valence electrons. The second-order valence-corrected chi connectivity index (χ2v) is 6.85. The molecule has 0 aliphatic carbocycles. The van der Waals surface area contributed by atoms with Crippen molar-refractivity contribution in [3.63, 3.8) is 0 Å². The van der Waals surface area contributed by atoms with Crippen molar-refractivity contribution in [2.45, 2.75) is 34.5 Å². The molecular formula is C17H17N3O4S. The molecule has 1 aromatic carbocycles. The van der Waals surface area contributed by atoms with Crippen molar-refractivity contribution >= 4 is 22.8 Å². The predicted molar refractivity (Wildman–Crippen MR) is 91.1 cm³/mol. The van der Waals surface area contributed by atoms with Crippen LogP contribution in [0.5, 0.6) is 0 Å². The van der Waals surface area contributed by atoms with E-state index < -0.39 is 24.5 Å². The number of benzene rings is 1. The maximum atomic E-state index is 10.2. The first-order valence-electron chi connectivity index (χ1n) is 7.86. The summed E-state index contributed by atoms with van der Waals surface area (Å²) in [4.78, 5) is 9.71. The molecule has 0 spiro atoms. The van der Waals surface area contributed by atoms with Gasteiger partial charge in [-0.3, -0.25) is 0 Å². The Morgan fingerprint density at radius 1 is 1.08 bits per heavy atom. The maximum Gasteiger partial charge on any atom is 0.164 e. The van der Waals surface area contributed by atoms with Gasteiger partial charge in [0.2, 0.25) is 0 Å². The number of aromatic nitrogens is 3. The van der Waals surface area contributed by atoms with Gasteiger partial charge < -0.3 is 24.6 Å². The molecule has 0 bridgehead atoms. The predicted octanol–water partition coefficient (Wildman–Crippen LogP) is 1.19. The highest BCUT2D eigenvalue weighted by atomic mass is 32.2. The normalized spacial score (nSPS) is 26.4. The largest absolute Gasteiger partial charge is 0.394 e. The third-order valence-corrected chi connectivity index (χ3v) is 5.25. The van der Waals surface area contributed by atoms with E-state index in [9.17, 15) is 15.3 Å². The van der Waals surface area contributed by atoms with Crippen LogP contribution in [-0.2, 0) is 4.74 Å². The fourth-order valence-corrected chi connectivity index (χ4v) is 3.83. The zero-order valence-electron chi connectivity index (χ0n) is 13.1. The molecule has 3 aromatic rings. The highest BCUT2D eigenvalue weighted by Crippen LogP contribution is 2.35. The Morgan fingerprint density at radius 2 is 1.88 bits per heavy atom. The van der Waals surface area contributed by atoms with E-state index in [-0.39, 0.29) is 6.61 Å². The average molecular weight is 359 g/mol. The van der Waals surface area contributed by atoms with E-state index in [0.717, 1.165) is 15.3 Å². The van der Waals surface area contributed by atoms with Gasteiger partial charge in [0.1, 0.15) is 35.3 Å². The van der Waals surface area contributed by atoms with Gasteiger partial charge in [0.15, 0.2) is 6.23 Å². The summed E-state index contributed by atoms with van der Waals surface area (Å²) in [5.41, 5.74) is 0.600. The zero-order valence-corrected chi connectivity index (χ0v) is 14.0. The van der Waals surface area contributed by atoms with Gasteiger partial charge >= 0.3 is 0 Å². The Labute approximate surface area is 147 Å². The minimum Gasteiger partial charge on any atom is -0.394 e. The molecule has 8 heteroatoms.